The molecule has 0 fully saturated rings. The molecule has 0 aliphatic carbocycles. The van der Waals surface area contributed by atoms with Gasteiger partial charge in [-0.2, -0.15) is 0 Å². The first kappa shape index (κ1) is 16.3. The van der Waals surface area contributed by atoms with Gasteiger partial charge in [0.15, 0.2) is 5.82 Å². The number of nitrogen functional groups attached to an aromatic ring is 1. The van der Waals surface area contributed by atoms with Crippen molar-refractivity contribution in [2.24, 2.45) is 0 Å². The lowest BCUT2D eigenvalue weighted by Gasteiger charge is -2.13. The van der Waals surface area contributed by atoms with Crippen molar-refractivity contribution >= 4 is 29.0 Å². The molecular weight excluding hydrogens is 316 g/mol. The second-order valence-electron chi connectivity index (χ2n) is 5.80. The molecule has 0 unspecified atom stereocenters. The molecule has 24 heavy (non-hydrogen) atoms. The zero-order valence-corrected chi connectivity index (χ0v) is 14.8. The maximum absolute atomic E-state index is 6.29. The number of anilines is 3. The summed E-state index contributed by atoms with van der Waals surface area (Å²) in [7, 11) is 0. The molecule has 0 spiro atoms. The number of hydrogen-bond acceptors (Lipinski definition) is 5. The van der Waals surface area contributed by atoms with E-state index in [0.717, 1.165) is 21.2 Å². The van der Waals surface area contributed by atoms with Crippen LogP contribution in [0.1, 0.15) is 16.7 Å². The molecule has 0 radical (unpaired) electrons. The Morgan fingerprint density at radius 3 is 2.38 bits per heavy atom. The average Bonchev–Trinajstić information content (AvgIpc) is 2.56. The molecule has 3 N–H and O–H groups in total. The summed E-state index contributed by atoms with van der Waals surface area (Å²) < 4.78 is 0. The Bertz CT molecular complexity index is 860. The number of rotatable bonds is 4. The van der Waals surface area contributed by atoms with E-state index >= 15 is 0 Å². The van der Waals surface area contributed by atoms with Crippen LogP contribution in [-0.4, -0.2) is 9.97 Å². The summed E-state index contributed by atoms with van der Waals surface area (Å²) in [6, 6.07) is 14.5. The lowest BCUT2D eigenvalue weighted by molar-refractivity contribution is 1.06. The molecule has 0 bridgehead atoms. The van der Waals surface area contributed by atoms with Gasteiger partial charge in [-0.15, -0.1) is 0 Å². The Labute approximate surface area is 146 Å². The van der Waals surface area contributed by atoms with Crippen molar-refractivity contribution in [3.63, 3.8) is 0 Å². The Morgan fingerprint density at radius 1 is 0.917 bits per heavy atom. The molecule has 0 aliphatic rings. The maximum atomic E-state index is 6.29. The largest absolute Gasteiger partial charge is 0.394 e. The van der Waals surface area contributed by atoms with Gasteiger partial charge in [0.1, 0.15) is 17.0 Å². The first-order chi connectivity index (χ1) is 11.5. The normalized spacial score (nSPS) is 10.6. The third-order valence-electron chi connectivity index (χ3n) is 3.73. The van der Waals surface area contributed by atoms with Gasteiger partial charge < -0.3 is 11.1 Å². The van der Waals surface area contributed by atoms with E-state index in [1.807, 2.05) is 0 Å². The summed E-state index contributed by atoms with van der Waals surface area (Å²) in [6.07, 6.45) is 1.54. The van der Waals surface area contributed by atoms with Gasteiger partial charge in [0, 0.05) is 10.6 Å². The van der Waals surface area contributed by atoms with Crippen molar-refractivity contribution < 1.29 is 0 Å². The van der Waals surface area contributed by atoms with Gasteiger partial charge in [-0.05, 0) is 50.1 Å². The van der Waals surface area contributed by atoms with Gasteiger partial charge in [-0.1, -0.05) is 41.6 Å². The predicted molar refractivity (Wildman–Crippen MR) is 101 cm³/mol. The fourth-order valence-electron chi connectivity index (χ4n) is 2.28. The quantitative estimate of drug-likeness (QED) is 0.665. The molecule has 0 amide bonds. The summed E-state index contributed by atoms with van der Waals surface area (Å²) in [5.74, 6) is 0.633. The minimum absolute atomic E-state index is 0.559. The fourth-order valence-corrected chi connectivity index (χ4v) is 3.08. The van der Waals surface area contributed by atoms with Gasteiger partial charge in [-0.25, -0.2) is 9.97 Å². The molecule has 0 atom stereocenters. The molecule has 0 saturated carbocycles. The summed E-state index contributed by atoms with van der Waals surface area (Å²) >= 11 is 1.54. The van der Waals surface area contributed by atoms with Crippen LogP contribution in [0, 0.1) is 20.8 Å². The highest BCUT2D eigenvalue weighted by atomic mass is 32.2. The molecular formula is C19H20N4S. The number of nitrogens with two attached hydrogens (primary N) is 1. The molecule has 3 rings (SSSR count). The molecule has 0 aliphatic heterocycles. The Kier molecular flexibility index (Phi) is 4.71. The zero-order valence-electron chi connectivity index (χ0n) is 14.0. The highest BCUT2D eigenvalue weighted by molar-refractivity contribution is 7.99. The summed E-state index contributed by atoms with van der Waals surface area (Å²) in [6.45, 7) is 6.19. The molecule has 2 aromatic carbocycles. The van der Waals surface area contributed by atoms with Gasteiger partial charge in [0.25, 0.3) is 0 Å². The topological polar surface area (TPSA) is 63.8 Å². The van der Waals surface area contributed by atoms with Crippen LogP contribution in [0.2, 0.25) is 0 Å². The van der Waals surface area contributed by atoms with Crippen LogP contribution in [-0.2, 0) is 0 Å². The molecule has 1 aromatic heterocycles. The monoisotopic (exact) mass is 336 g/mol. The van der Waals surface area contributed by atoms with Crippen LogP contribution in [0.5, 0.6) is 0 Å². The number of aryl methyl sites for hydroxylation is 3. The van der Waals surface area contributed by atoms with E-state index in [1.165, 1.54) is 22.9 Å². The second-order valence-corrected chi connectivity index (χ2v) is 6.86. The van der Waals surface area contributed by atoms with Gasteiger partial charge in [-0.3, -0.25) is 0 Å². The van der Waals surface area contributed by atoms with Crippen molar-refractivity contribution in [3.8, 4) is 0 Å². The van der Waals surface area contributed by atoms with Crippen LogP contribution in [0.25, 0.3) is 0 Å². The van der Waals surface area contributed by atoms with Crippen LogP contribution in [0.15, 0.2) is 58.7 Å². The minimum Gasteiger partial charge on any atom is -0.394 e. The molecule has 3 aromatic rings. The SMILES string of the molecule is Cc1ccc(Sc2ncnc(Nc3cc(C)ccc3C)c2N)cc1. The van der Waals surface area contributed by atoms with Crippen molar-refractivity contribution in [1.29, 1.82) is 0 Å². The highest BCUT2D eigenvalue weighted by Gasteiger charge is 2.11. The van der Waals surface area contributed by atoms with Gasteiger partial charge >= 0.3 is 0 Å². The molecule has 0 saturated heterocycles. The Hall–Kier alpha value is -2.53. The summed E-state index contributed by atoms with van der Waals surface area (Å²) in [4.78, 5) is 9.73. The van der Waals surface area contributed by atoms with E-state index in [9.17, 15) is 0 Å². The molecule has 4 nitrogen and oxygen atoms in total. The average molecular weight is 336 g/mol. The van der Waals surface area contributed by atoms with Crippen LogP contribution in [0.4, 0.5) is 17.2 Å². The summed E-state index contributed by atoms with van der Waals surface area (Å²) in [5, 5.41) is 4.08. The van der Waals surface area contributed by atoms with Crippen molar-refractivity contribution in [2.75, 3.05) is 11.1 Å². The maximum Gasteiger partial charge on any atom is 0.158 e. The number of nitrogens with one attached hydrogen (secondary N) is 1. The predicted octanol–water partition coefficient (Wildman–Crippen LogP) is 4.88. The van der Waals surface area contributed by atoms with Crippen LogP contribution < -0.4 is 11.1 Å². The number of nitrogens with zero attached hydrogens (tertiary/aromatic N) is 2. The Balaban J connectivity index is 1.88. The highest BCUT2D eigenvalue weighted by Crippen LogP contribution is 2.34. The van der Waals surface area contributed by atoms with Crippen LogP contribution >= 0.6 is 11.8 Å². The van der Waals surface area contributed by atoms with Crippen molar-refractivity contribution in [1.82, 2.24) is 9.97 Å². The number of hydrogen-bond donors (Lipinski definition) is 2. The number of benzene rings is 2. The third kappa shape index (κ3) is 3.68. The van der Waals surface area contributed by atoms with E-state index in [4.69, 9.17) is 5.73 Å². The standard InChI is InChI=1S/C19H20N4S/c1-12-5-8-15(9-6-12)24-19-17(20)18(21-11-22-19)23-16-10-13(2)4-7-14(16)3/h4-11H,20H2,1-3H3,(H,21,22,23). The lowest BCUT2D eigenvalue weighted by atomic mass is 10.1. The van der Waals surface area contributed by atoms with Crippen molar-refractivity contribution in [3.05, 3.63) is 65.5 Å². The first-order valence-electron chi connectivity index (χ1n) is 7.72. The van der Waals surface area contributed by atoms with E-state index in [0.29, 0.717) is 11.5 Å². The van der Waals surface area contributed by atoms with E-state index in [-0.39, 0.29) is 0 Å². The third-order valence-corrected chi connectivity index (χ3v) is 4.76. The summed E-state index contributed by atoms with van der Waals surface area (Å²) in [5.41, 5.74) is 11.4. The minimum atomic E-state index is 0.559. The van der Waals surface area contributed by atoms with E-state index < -0.39 is 0 Å². The first-order valence-corrected chi connectivity index (χ1v) is 8.54. The smallest absolute Gasteiger partial charge is 0.158 e. The zero-order chi connectivity index (χ0) is 17.1. The van der Waals surface area contributed by atoms with E-state index in [2.05, 4.69) is 78.5 Å². The van der Waals surface area contributed by atoms with Crippen LogP contribution in [0.3, 0.4) is 0 Å². The molecule has 5 heteroatoms. The molecule has 122 valence electrons. The van der Waals surface area contributed by atoms with Gasteiger partial charge in [0.2, 0.25) is 0 Å². The van der Waals surface area contributed by atoms with Gasteiger partial charge in [0.05, 0.1) is 0 Å². The number of aromatic nitrogens is 2. The molecule has 1 heterocycles. The van der Waals surface area contributed by atoms with E-state index in [1.54, 1.807) is 6.33 Å². The fraction of sp³-hybridized carbons (Fsp3) is 0.158. The second kappa shape index (κ2) is 6.93. The Morgan fingerprint density at radius 2 is 1.62 bits per heavy atom. The van der Waals surface area contributed by atoms with Crippen molar-refractivity contribution in [2.45, 2.75) is 30.7 Å². The lowest BCUT2D eigenvalue weighted by Crippen LogP contribution is -2.03.